The van der Waals surface area contributed by atoms with Crippen molar-refractivity contribution in [2.24, 2.45) is 5.92 Å². The number of rotatable bonds is 6. The minimum Gasteiger partial charge on any atom is -0.396 e. The molecular weight excluding hydrogens is 255 g/mol. The van der Waals surface area contributed by atoms with E-state index < -0.39 is 0 Å². The number of hydrogen-bond acceptors (Lipinski definition) is 3. The lowest BCUT2D eigenvalue weighted by Crippen LogP contribution is -2.26. The Morgan fingerprint density at radius 3 is 2.95 bits per heavy atom. The van der Waals surface area contributed by atoms with Crippen molar-refractivity contribution in [3.05, 3.63) is 29.6 Å². The van der Waals surface area contributed by atoms with Gasteiger partial charge in [0.1, 0.15) is 5.82 Å². The number of aliphatic hydroxyl groups excluding tert-OH is 1. The summed E-state index contributed by atoms with van der Waals surface area (Å²) in [5.74, 6) is 0.104. The van der Waals surface area contributed by atoms with E-state index in [4.69, 9.17) is 0 Å². The van der Waals surface area contributed by atoms with Crippen molar-refractivity contribution >= 4 is 5.69 Å². The molecular formula is C16H25FN2O. The summed E-state index contributed by atoms with van der Waals surface area (Å²) in [5.41, 5.74) is 1.72. The van der Waals surface area contributed by atoms with Gasteiger partial charge in [0.25, 0.3) is 0 Å². The van der Waals surface area contributed by atoms with Gasteiger partial charge in [-0.05, 0) is 37.9 Å². The Hall–Kier alpha value is -1.13. The minimum absolute atomic E-state index is 0.133. The molecule has 0 spiro atoms. The molecule has 0 aliphatic carbocycles. The number of benzene rings is 1. The van der Waals surface area contributed by atoms with Gasteiger partial charge in [-0.1, -0.05) is 19.1 Å². The molecule has 3 nitrogen and oxygen atoms in total. The molecule has 0 saturated carbocycles. The second kappa shape index (κ2) is 7.04. The Balaban J connectivity index is 2.22. The number of aliphatic hydroxyl groups is 1. The number of halogens is 1. The molecule has 1 saturated heterocycles. The summed E-state index contributed by atoms with van der Waals surface area (Å²) in [6.07, 6.45) is 1.99. The molecule has 4 heteroatoms. The zero-order valence-electron chi connectivity index (χ0n) is 12.4. The van der Waals surface area contributed by atoms with Gasteiger partial charge in [0, 0.05) is 31.7 Å². The number of nitrogens with one attached hydrogen (secondary N) is 1. The molecule has 1 aliphatic rings. The van der Waals surface area contributed by atoms with Crippen LogP contribution in [0.2, 0.25) is 0 Å². The molecule has 1 aromatic carbocycles. The third-order valence-electron chi connectivity index (χ3n) is 4.05. The average molecular weight is 280 g/mol. The zero-order chi connectivity index (χ0) is 14.5. The topological polar surface area (TPSA) is 35.5 Å². The molecule has 0 bridgehead atoms. The van der Waals surface area contributed by atoms with Gasteiger partial charge in [-0.15, -0.1) is 0 Å². The number of hydrogen-bond donors (Lipinski definition) is 2. The maximum atomic E-state index is 14.3. The van der Waals surface area contributed by atoms with Gasteiger partial charge in [-0.25, -0.2) is 4.39 Å². The summed E-state index contributed by atoms with van der Waals surface area (Å²) >= 11 is 0. The van der Waals surface area contributed by atoms with Crippen LogP contribution in [0.15, 0.2) is 18.2 Å². The van der Waals surface area contributed by atoms with Crippen LogP contribution in [-0.2, 0) is 0 Å². The highest BCUT2D eigenvalue weighted by Gasteiger charge is 2.26. The third kappa shape index (κ3) is 3.30. The van der Waals surface area contributed by atoms with E-state index in [2.05, 4.69) is 24.1 Å². The second-order valence-electron chi connectivity index (χ2n) is 5.64. The van der Waals surface area contributed by atoms with Crippen LogP contribution in [0.5, 0.6) is 0 Å². The van der Waals surface area contributed by atoms with Crippen molar-refractivity contribution < 1.29 is 9.50 Å². The monoisotopic (exact) mass is 280 g/mol. The van der Waals surface area contributed by atoms with Crippen molar-refractivity contribution in [2.75, 3.05) is 31.1 Å². The number of nitrogens with zero attached hydrogens (tertiary/aromatic N) is 1. The van der Waals surface area contributed by atoms with Crippen LogP contribution < -0.4 is 10.2 Å². The first-order chi connectivity index (χ1) is 9.67. The van der Waals surface area contributed by atoms with E-state index >= 15 is 0 Å². The molecule has 0 amide bonds. The first-order valence-corrected chi connectivity index (χ1v) is 7.55. The lowest BCUT2D eigenvalue weighted by atomic mass is 10.0. The van der Waals surface area contributed by atoms with Crippen LogP contribution in [0.4, 0.5) is 10.1 Å². The molecule has 2 atom stereocenters. The van der Waals surface area contributed by atoms with Gasteiger partial charge < -0.3 is 15.3 Å². The first kappa shape index (κ1) is 15.3. The highest BCUT2D eigenvalue weighted by Crippen LogP contribution is 2.33. The molecule has 2 unspecified atom stereocenters. The number of para-hydroxylation sites is 1. The van der Waals surface area contributed by atoms with E-state index in [1.54, 1.807) is 6.07 Å². The number of anilines is 1. The fourth-order valence-corrected chi connectivity index (χ4v) is 2.87. The summed E-state index contributed by atoms with van der Waals surface area (Å²) in [4.78, 5) is 2.08. The Kier molecular flexibility index (Phi) is 5.38. The molecule has 112 valence electrons. The predicted octanol–water partition coefficient (Wildman–Crippen LogP) is 2.70. The molecule has 1 aliphatic heterocycles. The highest BCUT2D eigenvalue weighted by atomic mass is 19.1. The maximum absolute atomic E-state index is 14.3. The fourth-order valence-electron chi connectivity index (χ4n) is 2.87. The van der Waals surface area contributed by atoms with Crippen molar-refractivity contribution in [1.29, 1.82) is 0 Å². The SMILES string of the molecule is CCCNC(C)c1cccc(F)c1N1CCC(CO)C1. The van der Waals surface area contributed by atoms with Crippen LogP contribution >= 0.6 is 0 Å². The Labute approximate surface area is 120 Å². The van der Waals surface area contributed by atoms with Crippen molar-refractivity contribution in [3.8, 4) is 0 Å². The molecule has 0 radical (unpaired) electrons. The van der Waals surface area contributed by atoms with E-state index in [1.807, 2.05) is 6.07 Å². The minimum atomic E-state index is -0.161. The van der Waals surface area contributed by atoms with Gasteiger partial charge in [-0.3, -0.25) is 0 Å². The van der Waals surface area contributed by atoms with Crippen molar-refractivity contribution in [1.82, 2.24) is 5.32 Å². The predicted molar refractivity (Wildman–Crippen MR) is 80.5 cm³/mol. The van der Waals surface area contributed by atoms with Crippen LogP contribution in [0.1, 0.15) is 38.3 Å². The molecule has 0 aromatic heterocycles. The van der Waals surface area contributed by atoms with E-state index in [0.29, 0.717) is 5.69 Å². The maximum Gasteiger partial charge on any atom is 0.146 e. The third-order valence-corrected chi connectivity index (χ3v) is 4.05. The first-order valence-electron chi connectivity index (χ1n) is 7.55. The smallest absolute Gasteiger partial charge is 0.146 e. The van der Waals surface area contributed by atoms with Crippen LogP contribution in [0.3, 0.4) is 0 Å². The van der Waals surface area contributed by atoms with Gasteiger partial charge in [0.05, 0.1) is 5.69 Å². The molecule has 1 heterocycles. The van der Waals surface area contributed by atoms with E-state index in [1.165, 1.54) is 6.07 Å². The molecule has 20 heavy (non-hydrogen) atoms. The molecule has 1 fully saturated rings. The van der Waals surface area contributed by atoms with Gasteiger partial charge in [0.2, 0.25) is 0 Å². The van der Waals surface area contributed by atoms with E-state index in [-0.39, 0.29) is 24.4 Å². The lowest BCUT2D eigenvalue weighted by molar-refractivity contribution is 0.238. The Morgan fingerprint density at radius 2 is 2.30 bits per heavy atom. The fraction of sp³-hybridized carbons (Fsp3) is 0.625. The Morgan fingerprint density at radius 1 is 1.50 bits per heavy atom. The van der Waals surface area contributed by atoms with Crippen molar-refractivity contribution in [3.63, 3.8) is 0 Å². The van der Waals surface area contributed by atoms with Gasteiger partial charge in [0.15, 0.2) is 0 Å². The summed E-state index contributed by atoms with van der Waals surface area (Å²) in [7, 11) is 0. The highest BCUT2D eigenvalue weighted by molar-refractivity contribution is 5.57. The zero-order valence-corrected chi connectivity index (χ0v) is 12.4. The van der Waals surface area contributed by atoms with Crippen LogP contribution in [0, 0.1) is 11.7 Å². The lowest BCUT2D eigenvalue weighted by Gasteiger charge is -2.26. The van der Waals surface area contributed by atoms with Crippen LogP contribution in [0.25, 0.3) is 0 Å². The Bertz CT molecular complexity index is 438. The van der Waals surface area contributed by atoms with Crippen molar-refractivity contribution in [2.45, 2.75) is 32.7 Å². The standard InChI is InChI=1S/C16H25FN2O/c1-3-8-18-12(2)14-5-4-6-15(17)16(14)19-9-7-13(10-19)11-20/h4-6,12-13,18,20H,3,7-11H2,1-2H3. The quantitative estimate of drug-likeness (QED) is 0.841. The summed E-state index contributed by atoms with van der Waals surface area (Å²) < 4.78 is 14.3. The molecule has 2 rings (SSSR count). The van der Waals surface area contributed by atoms with E-state index in [9.17, 15) is 9.50 Å². The molecule has 2 N–H and O–H groups in total. The second-order valence-corrected chi connectivity index (χ2v) is 5.64. The van der Waals surface area contributed by atoms with Gasteiger partial charge in [-0.2, -0.15) is 0 Å². The summed E-state index contributed by atoms with van der Waals surface area (Å²) in [5, 5.41) is 12.7. The van der Waals surface area contributed by atoms with Gasteiger partial charge >= 0.3 is 0 Å². The van der Waals surface area contributed by atoms with Crippen LogP contribution in [-0.4, -0.2) is 31.3 Å². The molecule has 1 aromatic rings. The average Bonchev–Trinajstić information content (AvgIpc) is 2.93. The summed E-state index contributed by atoms with van der Waals surface area (Å²) in [6.45, 7) is 6.87. The largest absolute Gasteiger partial charge is 0.396 e. The summed E-state index contributed by atoms with van der Waals surface area (Å²) in [6, 6.07) is 5.43. The van der Waals surface area contributed by atoms with E-state index in [0.717, 1.165) is 38.0 Å². The normalized spacial score (nSPS) is 20.4.